The second kappa shape index (κ2) is 10.8. The first-order valence-electron chi connectivity index (χ1n) is 9.92. The third kappa shape index (κ3) is 7.38. The van der Waals surface area contributed by atoms with Crippen molar-refractivity contribution in [2.24, 2.45) is 5.92 Å². The highest BCUT2D eigenvalue weighted by molar-refractivity contribution is 7.80. The first-order valence-corrected chi connectivity index (χ1v) is 11.1. The van der Waals surface area contributed by atoms with Crippen molar-refractivity contribution >= 4 is 63.7 Å². The molecule has 0 saturated heterocycles. The third-order valence-corrected chi connectivity index (χ3v) is 5.39. The molecule has 0 aliphatic heterocycles. The van der Waals surface area contributed by atoms with Crippen LogP contribution in [0.4, 0.5) is 11.4 Å². The van der Waals surface area contributed by atoms with Crippen molar-refractivity contribution < 1.29 is 14.3 Å². The standard InChI is InChI=1S/C22H23Cl2N3O3S/c1-13-4-8-16(12-18(13)26-21(29)14-5-6-14)25-22(31)27-20(28)3-2-10-30-19-9-7-15(23)11-17(19)24/h4,7-9,11-12,14H,2-3,5-6,10H2,1H3,(H,26,29)(H2,25,27,28,31). The topological polar surface area (TPSA) is 79.5 Å². The summed E-state index contributed by atoms with van der Waals surface area (Å²) in [7, 11) is 0. The Hall–Kier alpha value is -2.35. The zero-order valence-corrected chi connectivity index (χ0v) is 19.3. The van der Waals surface area contributed by atoms with E-state index in [1.807, 2.05) is 19.1 Å². The Kier molecular flexibility index (Phi) is 8.12. The number of carbonyl (C=O) groups is 2. The molecule has 0 heterocycles. The fourth-order valence-corrected chi connectivity index (χ4v) is 3.47. The van der Waals surface area contributed by atoms with E-state index in [4.69, 9.17) is 40.2 Å². The molecule has 6 nitrogen and oxygen atoms in total. The lowest BCUT2D eigenvalue weighted by molar-refractivity contribution is -0.120. The van der Waals surface area contributed by atoms with Crippen molar-refractivity contribution in [2.75, 3.05) is 17.2 Å². The first kappa shape index (κ1) is 23.3. The molecule has 3 rings (SSSR count). The van der Waals surface area contributed by atoms with Gasteiger partial charge in [-0.1, -0.05) is 29.3 Å². The molecule has 0 unspecified atom stereocenters. The van der Waals surface area contributed by atoms with Crippen LogP contribution in [0, 0.1) is 12.8 Å². The molecular weight excluding hydrogens is 457 g/mol. The van der Waals surface area contributed by atoms with Gasteiger partial charge in [0.25, 0.3) is 0 Å². The summed E-state index contributed by atoms with van der Waals surface area (Å²) in [6.45, 7) is 2.25. The zero-order valence-electron chi connectivity index (χ0n) is 17.0. The number of hydrogen-bond acceptors (Lipinski definition) is 4. The van der Waals surface area contributed by atoms with Crippen LogP contribution in [-0.2, 0) is 9.59 Å². The molecule has 2 aromatic carbocycles. The number of rotatable bonds is 8. The highest BCUT2D eigenvalue weighted by Crippen LogP contribution is 2.31. The van der Waals surface area contributed by atoms with Crippen molar-refractivity contribution in [1.82, 2.24) is 5.32 Å². The maximum absolute atomic E-state index is 12.1. The first-order chi connectivity index (χ1) is 14.8. The molecule has 0 spiro atoms. The number of carbonyl (C=O) groups excluding carboxylic acids is 2. The normalized spacial score (nSPS) is 12.7. The Morgan fingerprint density at radius 1 is 1.13 bits per heavy atom. The van der Waals surface area contributed by atoms with Gasteiger partial charge in [0, 0.05) is 28.7 Å². The van der Waals surface area contributed by atoms with Crippen molar-refractivity contribution in [3.8, 4) is 5.75 Å². The van der Waals surface area contributed by atoms with Crippen LogP contribution in [0.3, 0.4) is 0 Å². The highest BCUT2D eigenvalue weighted by Gasteiger charge is 2.29. The van der Waals surface area contributed by atoms with Crippen molar-refractivity contribution in [3.63, 3.8) is 0 Å². The number of nitrogens with one attached hydrogen (secondary N) is 3. The van der Waals surface area contributed by atoms with Gasteiger partial charge in [0.1, 0.15) is 5.75 Å². The van der Waals surface area contributed by atoms with Gasteiger partial charge in [-0.15, -0.1) is 0 Å². The lowest BCUT2D eigenvalue weighted by Crippen LogP contribution is -2.34. The van der Waals surface area contributed by atoms with E-state index in [1.165, 1.54) is 0 Å². The molecule has 0 atom stereocenters. The van der Waals surface area contributed by atoms with Gasteiger partial charge < -0.3 is 20.7 Å². The Labute approximate surface area is 196 Å². The average Bonchev–Trinajstić information content (AvgIpc) is 3.54. The van der Waals surface area contributed by atoms with Gasteiger partial charge in [-0.2, -0.15) is 0 Å². The zero-order chi connectivity index (χ0) is 22.4. The van der Waals surface area contributed by atoms with Gasteiger partial charge >= 0.3 is 0 Å². The van der Waals surface area contributed by atoms with E-state index in [2.05, 4.69) is 16.0 Å². The molecular formula is C22H23Cl2N3O3S. The summed E-state index contributed by atoms with van der Waals surface area (Å²) in [6, 6.07) is 10.5. The molecule has 0 radical (unpaired) electrons. The molecule has 0 bridgehead atoms. The maximum atomic E-state index is 12.1. The van der Waals surface area contributed by atoms with Gasteiger partial charge in [0.15, 0.2) is 5.11 Å². The minimum absolute atomic E-state index is 0.0400. The van der Waals surface area contributed by atoms with E-state index in [1.54, 1.807) is 24.3 Å². The second-order valence-corrected chi connectivity index (χ2v) is 8.57. The van der Waals surface area contributed by atoms with E-state index in [0.29, 0.717) is 34.5 Å². The molecule has 2 aromatic rings. The Morgan fingerprint density at radius 3 is 2.61 bits per heavy atom. The SMILES string of the molecule is Cc1ccc(NC(=S)NC(=O)CCCOc2ccc(Cl)cc2Cl)cc1NC(=O)C1CC1. The summed E-state index contributed by atoms with van der Waals surface area (Å²) >= 11 is 17.1. The number of benzene rings is 2. The lowest BCUT2D eigenvalue weighted by Gasteiger charge is -2.13. The van der Waals surface area contributed by atoms with E-state index in [-0.39, 0.29) is 29.3 Å². The van der Waals surface area contributed by atoms with Crippen LogP contribution in [0.1, 0.15) is 31.2 Å². The second-order valence-electron chi connectivity index (χ2n) is 7.32. The molecule has 0 aromatic heterocycles. The fourth-order valence-electron chi connectivity index (χ4n) is 2.77. The summed E-state index contributed by atoms with van der Waals surface area (Å²) in [5, 5.41) is 9.70. The molecule has 1 aliphatic carbocycles. The summed E-state index contributed by atoms with van der Waals surface area (Å²) in [4.78, 5) is 24.1. The predicted octanol–water partition coefficient (Wildman–Crippen LogP) is 5.32. The van der Waals surface area contributed by atoms with Crippen LogP contribution < -0.4 is 20.7 Å². The minimum atomic E-state index is -0.224. The molecule has 3 N–H and O–H groups in total. The molecule has 1 saturated carbocycles. The van der Waals surface area contributed by atoms with Crippen LogP contribution in [0.2, 0.25) is 10.0 Å². The van der Waals surface area contributed by atoms with Crippen molar-refractivity contribution in [2.45, 2.75) is 32.6 Å². The number of thiocarbonyl (C=S) groups is 1. The highest BCUT2D eigenvalue weighted by atomic mass is 35.5. The molecule has 2 amide bonds. The van der Waals surface area contributed by atoms with Crippen LogP contribution in [-0.4, -0.2) is 23.5 Å². The smallest absolute Gasteiger partial charge is 0.227 e. The van der Waals surface area contributed by atoms with E-state index >= 15 is 0 Å². The summed E-state index contributed by atoms with van der Waals surface area (Å²) in [6.07, 6.45) is 2.62. The largest absolute Gasteiger partial charge is 0.492 e. The summed E-state index contributed by atoms with van der Waals surface area (Å²) < 4.78 is 5.57. The van der Waals surface area contributed by atoms with Gasteiger partial charge in [0.2, 0.25) is 11.8 Å². The Bertz CT molecular complexity index is 996. The number of hydrogen-bond donors (Lipinski definition) is 3. The average molecular weight is 480 g/mol. The van der Waals surface area contributed by atoms with Crippen LogP contribution in [0.5, 0.6) is 5.75 Å². The molecule has 9 heteroatoms. The van der Waals surface area contributed by atoms with Crippen molar-refractivity contribution in [3.05, 3.63) is 52.0 Å². The Morgan fingerprint density at radius 2 is 1.90 bits per heavy atom. The molecule has 164 valence electrons. The lowest BCUT2D eigenvalue weighted by atomic mass is 10.1. The number of anilines is 2. The number of aryl methyl sites for hydroxylation is 1. The monoisotopic (exact) mass is 479 g/mol. The Balaban J connectivity index is 1.41. The quantitative estimate of drug-likeness (QED) is 0.352. The fraction of sp³-hybridized carbons (Fsp3) is 0.318. The number of halogens is 2. The van der Waals surface area contributed by atoms with Gasteiger partial charge in [0.05, 0.1) is 11.6 Å². The van der Waals surface area contributed by atoms with E-state index < -0.39 is 0 Å². The van der Waals surface area contributed by atoms with E-state index in [0.717, 1.165) is 24.1 Å². The predicted molar refractivity (Wildman–Crippen MR) is 128 cm³/mol. The van der Waals surface area contributed by atoms with Gasteiger partial charge in [-0.05, 0) is 74.3 Å². The summed E-state index contributed by atoms with van der Waals surface area (Å²) in [5.74, 6) is 0.458. The van der Waals surface area contributed by atoms with Crippen LogP contribution >= 0.6 is 35.4 Å². The maximum Gasteiger partial charge on any atom is 0.227 e. The molecule has 31 heavy (non-hydrogen) atoms. The summed E-state index contributed by atoms with van der Waals surface area (Å²) in [5.41, 5.74) is 2.37. The molecule has 1 fully saturated rings. The van der Waals surface area contributed by atoms with Crippen molar-refractivity contribution in [1.29, 1.82) is 0 Å². The minimum Gasteiger partial charge on any atom is -0.492 e. The number of amides is 2. The van der Waals surface area contributed by atoms with Crippen LogP contribution in [0.15, 0.2) is 36.4 Å². The van der Waals surface area contributed by atoms with Gasteiger partial charge in [-0.25, -0.2) is 0 Å². The third-order valence-electron chi connectivity index (χ3n) is 4.65. The van der Waals surface area contributed by atoms with Gasteiger partial charge in [-0.3, -0.25) is 9.59 Å². The number of ether oxygens (including phenoxy) is 1. The molecule has 1 aliphatic rings. The van der Waals surface area contributed by atoms with Crippen LogP contribution in [0.25, 0.3) is 0 Å². The van der Waals surface area contributed by atoms with E-state index in [9.17, 15) is 9.59 Å².